The lowest BCUT2D eigenvalue weighted by Gasteiger charge is -2.43. The predicted octanol–water partition coefficient (Wildman–Crippen LogP) is 3.88. The van der Waals surface area contributed by atoms with Gasteiger partial charge in [-0.15, -0.1) is 11.8 Å². The molecule has 5 nitrogen and oxygen atoms in total. The molecular weight excluding hydrogens is 324 g/mol. The molecule has 0 aliphatic heterocycles. The van der Waals surface area contributed by atoms with E-state index in [9.17, 15) is 14.9 Å². The zero-order valence-corrected chi connectivity index (χ0v) is 13.9. The first-order chi connectivity index (χ1) is 11.6. The van der Waals surface area contributed by atoms with Gasteiger partial charge in [0.1, 0.15) is 0 Å². The fraction of sp³-hybridized carbons (Fsp3) is 0.278. The van der Waals surface area contributed by atoms with Crippen LogP contribution in [0.15, 0.2) is 59.5 Å². The molecule has 0 atom stereocenters. The van der Waals surface area contributed by atoms with Crippen molar-refractivity contribution in [1.82, 2.24) is 5.32 Å². The van der Waals surface area contributed by atoms with Crippen molar-refractivity contribution in [3.8, 4) is 0 Å². The summed E-state index contributed by atoms with van der Waals surface area (Å²) in [5, 5.41) is 13.8. The number of nitro groups is 1. The van der Waals surface area contributed by atoms with Crippen molar-refractivity contribution in [2.45, 2.75) is 29.7 Å². The van der Waals surface area contributed by atoms with Gasteiger partial charge >= 0.3 is 0 Å². The van der Waals surface area contributed by atoms with Crippen LogP contribution in [0.4, 0.5) is 5.69 Å². The Labute approximate surface area is 144 Å². The standard InChI is InChI=1S/C18H18N2O3S/c21-17(13-24-16-9-7-15(8-10-16)20(22)23)19-18(11-4-12-18)14-5-2-1-3-6-14/h1-3,5-10H,4,11-13H2,(H,19,21). The van der Waals surface area contributed by atoms with Crippen molar-refractivity contribution in [3.05, 3.63) is 70.3 Å². The number of thioether (sulfide) groups is 1. The van der Waals surface area contributed by atoms with Crippen LogP contribution in [0.5, 0.6) is 0 Å². The number of amides is 1. The van der Waals surface area contributed by atoms with Crippen LogP contribution in [0.25, 0.3) is 0 Å². The summed E-state index contributed by atoms with van der Waals surface area (Å²) in [6.45, 7) is 0. The van der Waals surface area contributed by atoms with E-state index in [4.69, 9.17) is 0 Å². The highest BCUT2D eigenvalue weighted by molar-refractivity contribution is 8.00. The number of non-ortho nitro benzene ring substituents is 1. The van der Waals surface area contributed by atoms with E-state index in [1.165, 1.54) is 23.9 Å². The minimum atomic E-state index is -0.429. The number of carbonyl (C=O) groups is 1. The lowest BCUT2D eigenvalue weighted by Crippen LogP contribution is -2.51. The van der Waals surface area contributed by atoms with Crippen LogP contribution >= 0.6 is 11.8 Å². The van der Waals surface area contributed by atoms with Crippen LogP contribution in [0.1, 0.15) is 24.8 Å². The minimum Gasteiger partial charge on any atom is -0.346 e. The molecule has 0 aromatic heterocycles. The molecule has 0 radical (unpaired) electrons. The quantitative estimate of drug-likeness (QED) is 0.491. The van der Waals surface area contributed by atoms with Crippen LogP contribution in [0.3, 0.4) is 0 Å². The second kappa shape index (κ2) is 7.05. The van der Waals surface area contributed by atoms with E-state index < -0.39 is 4.92 Å². The van der Waals surface area contributed by atoms with Crippen molar-refractivity contribution in [2.75, 3.05) is 5.75 Å². The second-order valence-electron chi connectivity index (χ2n) is 5.89. The molecule has 124 valence electrons. The first kappa shape index (κ1) is 16.5. The third kappa shape index (κ3) is 3.59. The molecule has 1 saturated carbocycles. The number of hydrogen-bond acceptors (Lipinski definition) is 4. The Kier molecular flexibility index (Phi) is 4.85. The van der Waals surface area contributed by atoms with E-state index in [-0.39, 0.29) is 17.1 Å². The molecule has 1 aliphatic carbocycles. The summed E-state index contributed by atoms with van der Waals surface area (Å²) in [7, 11) is 0. The smallest absolute Gasteiger partial charge is 0.269 e. The molecule has 1 fully saturated rings. The van der Waals surface area contributed by atoms with E-state index in [1.54, 1.807) is 12.1 Å². The summed E-state index contributed by atoms with van der Waals surface area (Å²) in [6, 6.07) is 16.3. The monoisotopic (exact) mass is 342 g/mol. The van der Waals surface area contributed by atoms with Gasteiger partial charge in [0.2, 0.25) is 5.91 Å². The fourth-order valence-electron chi connectivity index (χ4n) is 2.89. The number of benzene rings is 2. The molecule has 6 heteroatoms. The van der Waals surface area contributed by atoms with Crippen LogP contribution < -0.4 is 5.32 Å². The predicted molar refractivity (Wildman–Crippen MR) is 93.9 cm³/mol. The van der Waals surface area contributed by atoms with Crippen molar-refractivity contribution in [3.63, 3.8) is 0 Å². The van der Waals surface area contributed by atoms with Gasteiger partial charge in [-0.1, -0.05) is 30.3 Å². The fourth-order valence-corrected chi connectivity index (χ4v) is 3.59. The average molecular weight is 342 g/mol. The summed E-state index contributed by atoms with van der Waals surface area (Å²) in [4.78, 5) is 23.4. The van der Waals surface area contributed by atoms with Gasteiger partial charge in [0.15, 0.2) is 0 Å². The maximum absolute atomic E-state index is 12.3. The van der Waals surface area contributed by atoms with Gasteiger partial charge < -0.3 is 5.32 Å². The number of hydrogen-bond donors (Lipinski definition) is 1. The maximum Gasteiger partial charge on any atom is 0.269 e. The molecule has 1 N–H and O–H groups in total. The van der Waals surface area contributed by atoms with Gasteiger partial charge in [-0.2, -0.15) is 0 Å². The number of carbonyl (C=O) groups excluding carboxylic acids is 1. The van der Waals surface area contributed by atoms with Crippen molar-refractivity contribution in [1.29, 1.82) is 0 Å². The first-order valence-corrected chi connectivity index (χ1v) is 8.81. The van der Waals surface area contributed by atoms with Crippen LogP contribution in [-0.4, -0.2) is 16.6 Å². The molecule has 3 rings (SSSR count). The van der Waals surface area contributed by atoms with E-state index in [2.05, 4.69) is 17.4 Å². The average Bonchev–Trinajstić information content (AvgIpc) is 2.57. The molecule has 0 heterocycles. The molecule has 1 amide bonds. The zero-order valence-electron chi connectivity index (χ0n) is 13.1. The Morgan fingerprint density at radius 2 is 1.79 bits per heavy atom. The Morgan fingerprint density at radius 3 is 2.33 bits per heavy atom. The van der Waals surface area contributed by atoms with E-state index in [0.29, 0.717) is 5.75 Å². The summed E-state index contributed by atoms with van der Waals surface area (Å²) >= 11 is 1.38. The molecule has 2 aromatic rings. The van der Waals surface area contributed by atoms with Crippen molar-refractivity contribution in [2.24, 2.45) is 0 Å². The Morgan fingerprint density at radius 1 is 1.12 bits per heavy atom. The molecule has 0 spiro atoms. The highest BCUT2D eigenvalue weighted by Crippen LogP contribution is 2.41. The van der Waals surface area contributed by atoms with Crippen LogP contribution in [-0.2, 0) is 10.3 Å². The number of rotatable bonds is 6. The highest BCUT2D eigenvalue weighted by Gasteiger charge is 2.39. The van der Waals surface area contributed by atoms with E-state index >= 15 is 0 Å². The van der Waals surface area contributed by atoms with Crippen LogP contribution in [0, 0.1) is 10.1 Å². The molecular formula is C18H18N2O3S. The number of nitrogens with zero attached hydrogens (tertiary/aromatic N) is 1. The third-order valence-electron chi connectivity index (χ3n) is 4.33. The van der Waals surface area contributed by atoms with Crippen LogP contribution in [0.2, 0.25) is 0 Å². The van der Waals surface area contributed by atoms with Gasteiger partial charge in [0, 0.05) is 17.0 Å². The first-order valence-electron chi connectivity index (χ1n) is 7.83. The highest BCUT2D eigenvalue weighted by atomic mass is 32.2. The Hall–Kier alpha value is -2.34. The lowest BCUT2D eigenvalue weighted by molar-refractivity contribution is -0.384. The summed E-state index contributed by atoms with van der Waals surface area (Å²) < 4.78 is 0. The normalized spacial score (nSPS) is 15.3. The summed E-state index contributed by atoms with van der Waals surface area (Å²) in [5.41, 5.74) is 0.986. The Bertz CT molecular complexity index is 728. The van der Waals surface area contributed by atoms with Gasteiger partial charge in [0.05, 0.1) is 16.2 Å². The van der Waals surface area contributed by atoms with E-state index in [1.807, 2.05) is 18.2 Å². The van der Waals surface area contributed by atoms with Gasteiger partial charge in [-0.25, -0.2) is 0 Å². The molecule has 0 unspecified atom stereocenters. The Balaban J connectivity index is 1.58. The topological polar surface area (TPSA) is 72.2 Å². The lowest BCUT2D eigenvalue weighted by atomic mass is 9.72. The molecule has 1 aliphatic rings. The summed E-state index contributed by atoms with van der Waals surface area (Å²) in [5.74, 6) is 0.286. The van der Waals surface area contributed by atoms with Gasteiger partial charge in [0.25, 0.3) is 5.69 Å². The molecule has 0 bridgehead atoms. The SMILES string of the molecule is O=C(CSc1ccc([N+](=O)[O-])cc1)NC1(c2ccccc2)CCC1. The maximum atomic E-state index is 12.3. The summed E-state index contributed by atoms with van der Waals surface area (Å²) in [6.07, 6.45) is 3.04. The molecule has 24 heavy (non-hydrogen) atoms. The van der Waals surface area contributed by atoms with Gasteiger partial charge in [-0.05, 0) is 37.0 Å². The number of nitro benzene ring substituents is 1. The largest absolute Gasteiger partial charge is 0.346 e. The van der Waals surface area contributed by atoms with Crippen molar-refractivity contribution < 1.29 is 9.72 Å². The second-order valence-corrected chi connectivity index (χ2v) is 6.94. The molecule has 2 aromatic carbocycles. The third-order valence-corrected chi connectivity index (χ3v) is 5.34. The van der Waals surface area contributed by atoms with Gasteiger partial charge in [-0.3, -0.25) is 14.9 Å². The number of nitrogens with one attached hydrogen (secondary N) is 1. The van der Waals surface area contributed by atoms with Crippen molar-refractivity contribution >= 4 is 23.4 Å². The zero-order chi connectivity index (χ0) is 17.0. The molecule has 0 saturated heterocycles. The van der Waals surface area contributed by atoms with E-state index in [0.717, 1.165) is 29.7 Å². The minimum absolute atomic E-state index is 0.0121.